The van der Waals surface area contributed by atoms with Crippen molar-refractivity contribution in [2.24, 2.45) is 0 Å². The van der Waals surface area contributed by atoms with Crippen LogP contribution in [0.4, 0.5) is 19.0 Å². The lowest BCUT2D eigenvalue weighted by molar-refractivity contribution is 0.0872. The van der Waals surface area contributed by atoms with Gasteiger partial charge in [-0.25, -0.2) is 8.78 Å². The molecule has 1 N–H and O–H groups in total. The molecule has 1 aromatic rings. The molecule has 96 valence electrons. The summed E-state index contributed by atoms with van der Waals surface area (Å²) in [5.41, 5.74) is -1.09. The van der Waals surface area contributed by atoms with Crippen molar-refractivity contribution in [3.05, 3.63) is 23.6 Å². The topological polar surface area (TPSA) is 36.4 Å². The fourth-order valence-electron chi connectivity index (χ4n) is 1.46. The maximum Gasteiger partial charge on any atom is 0.251 e. The van der Waals surface area contributed by atoms with Crippen molar-refractivity contribution in [2.45, 2.75) is 26.4 Å². The molecule has 6 heteroatoms. The van der Waals surface area contributed by atoms with E-state index in [2.05, 4.69) is 4.98 Å². The summed E-state index contributed by atoms with van der Waals surface area (Å²) in [6, 6.07) is 0.449. The Morgan fingerprint density at radius 2 is 1.88 bits per heavy atom. The summed E-state index contributed by atoms with van der Waals surface area (Å²) in [5.74, 6) is -3.93. The van der Waals surface area contributed by atoms with E-state index in [1.165, 1.54) is 18.7 Å². The first-order chi connectivity index (χ1) is 7.74. The molecular formula is C11H15F3N2O. The molecule has 0 saturated carbocycles. The van der Waals surface area contributed by atoms with Crippen LogP contribution in [0.1, 0.15) is 20.8 Å². The number of rotatable bonds is 4. The van der Waals surface area contributed by atoms with Crippen molar-refractivity contribution in [3.63, 3.8) is 0 Å². The first kappa shape index (κ1) is 13.8. The largest absolute Gasteiger partial charge is 0.389 e. The van der Waals surface area contributed by atoms with Gasteiger partial charge in [0.05, 0.1) is 5.60 Å². The maximum atomic E-state index is 13.5. The average Bonchev–Trinajstić information content (AvgIpc) is 2.19. The van der Waals surface area contributed by atoms with Crippen LogP contribution in [0.15, 0.2) is 6.07 Å². The minimum atomic E-state index is -1.35. The predicted octanol–water partition coefficient (Wildman–Crippen LogP) is 2.10. The fraction of sp³-hybridized carbons (Fsp3) is 0.545. The molecule has 0 bridgehead atoms. The molecule has 1 rings (SSSR count). The number of aliphatic hydroxyl groups is 1. The number of nitrogens with zero attached hydrogens (tertiary/aromatic N) is 2. The summed E-state index contributed by atoms with van der Waals surface area (Å²) < 4.78 is 39.1. The van der Waals surface area contributed by atoms with Crippen molar-refractivity contribution in [1.82, 2.24) is 4.98 Å². The van der Waals surface area contributed by atoms with Crippen molar-refractivity contribution < 1.29 is 18.3 Å². The quantitative estimate of drug-likeness (QED) is 0.829. The van der Waals surface area contributed by atoms with Gasteiger partial charge in [-0.3, -0.25) is 0 Å². The van der Waals surface area contributed by atoms with Gasteiger partial charge in [0.1, 0.15) is 0 Å². The zero-order valence-electron chi connectivity index (χ0n) is 9.97. The van der Waals surface area contributed by atoms with Gasteiger partial charge in [-0.05, 0) is 20.8 Å². The molecular weight excluding hydrogens is 233 g/mol. The average molecular weight is 248 g/mol. The molecule has 0 unspecified atom stereocenters. The number of likely N-dealkylation sites (N-methyl/N-ethyl adjacent to an activating group) is 1. The van der Waals surface area contributed by atoms with Crippen LogP contribution >= 0.6 is 0 Å². The lowest BCUT2D eigenvalue weighted by Crippen LogP contribution is -2.39. The summed E-state index contributed by atoms with van der Waals surface area (Å²) >= 11 is 0. The van der Waals surface area contributed by atoms with E-state index in [1.54, 1.807) is 6.92 Å². The molecule has 3 nitrogen and oxygen atoms in total. The molecule has 0 atom stereocenters. The van der Waals surface area contributed by atoms with Crippen LogP contribution < -0.4 is 4.90 Å². The highest BCUT2D eigenvalue weighted by Crippen LogP contribution is 2.20. The highest BCUT2D eigenvalue weighted by molar-refractivity contribution is 5.40. The second kappa shape index (κ2) is 4.91. The van der Waals surface area contributed by atoms with E-state index in [9.17, 15) is 18.3 Å². The normalized spacial score (nSPS) is 11.7. The van der Waals surface area contributed by atoms with Gasteiger partial charge in [0, 0.05) is 19.2 Å². The molecule has 17 heavy (non-hydrogen) atoms. The SMILES string of the molecule is CCN(CC(C)(C)O)c1nc(F)c(F)cc1F. The van der Waals surface area contributed by atoms with Gasteiger partial charge in [-0.2, -0.15) is 9.37 Å². The Hall–Kier alpha value is -1.30. The fourth-order valence-corrected chi connectivity index (χ4v) is 1.46. The minimum Gasteiger partial charge on any atom is -0.389 e. The van der Waals surface area contributed by atoms with Gasteiger partial charge in [0.2, 0.25) is 0 Å². The molecule has 1 heterocycles. The predicted molar refractivity (Wildman–Crippen MR) is 58.3 cm³/mol. The Balaban J connectivity index is 3.08. The van der Waals surface area contributed by atoms with Gasteiger partial charge in [-0.1, -0.05) is 0 Å². The molecule has 0 aliphatic carbocycles. The van der Waals surface area contributed by atoms with Gasteiger partial charge < -0.3 is 10.0 Å². The van der Waals surface area contributed by atoms with Gasteiger partial charge in [0.15, 0.2) is 17.5 Å². The second-order valence-electron chi connectivity index (χ2n) is 4.39. The van der Waals surface area contributed by atoms with Crippen LogP contribution in [-0.4, -0.2) is 28.8 Å². The number of hydrogen-bond acceptors (Lipinski definition) is 3. The summed E-state index contributed by atoms with van der Waals surface area (Å²) in [6.45, 7) is 5.16. The monoisotopic (exact) mass is 248 g/mol. The number of hydrogen-bond donors (Lipinski definition) is 1. The Morgan fingerprint density at radius 3 is 2.35 bits per heavy atom. The van der Waals surface area contributed by atoms with Gasteiger partial charge in [-0.15, -0.1) is 0 Å². The Kier molecular flexibility index (Phi) is 3.98. The highest BCUT2D eigenvalue weighted by atomic mass is 19.2. The minimum absolute atomic E-state index is 0.0679. The van der Waals surface area contributed by atoms with E-state index in [0.717, 1.165) is 0 Å². The molecule has 0 fully saturated rings. The Morgan fingerprint density at radius 1 is 1.29 bits per heavy atom. The number of anilines is 1. The molecule has 0 aliphatic rings. The van der Waals surface area contributed by atoms with Gasteiger partial charge in [0.25, 0.3) is 5.95 Å². The van der Waals surface area contributed by atoms with Crippen molar-refractivity contribution in [1.29, 1.82) is 0 Å². The highest BCUT2D eigenvalue weighted by Gasteiger charge is 2.22. The van der Waals surface area contributed by atoms with Crippen molar-refractivity contribution in [3.8, 4) is 0 Å². The van der Waals surface area contributed by atoms with E-state index in [4.69, 9.17) is 0 Å². The molecule has 0 spiro atoms. The Labute approximate surface area is 97.9 Å². The van der Waals surface area contributed by atoms with E-state index in [0.29, 0.717) is 12.6 Å². The molecule has 0 aromatic carbocycles. The zero-order valence-corrected chi connectivity index (χ0v) is 9.97. The third-order valence-corrected chi connectivity index (χ3v) is 2.13. The third-order valence-electron chi connectivity index (χ3n) is 2.13. The summed E-state index contributed by atoms with van der Waals surface area (Å²) in [5, 5.41) is 9.64. The van der Waals surface area contributed by atoms with Crippen LogP contribution in [0.5, 0.6) is 0 Å². The zero-order chi connectivity index (χ0) is 13.2. The number of pyridine rings is 1. The standard InChI is InChI=1S/C11H15F3N2O/c1-4-16(6-11(2,3)17)10-8(13)5-7(12)9(14)15-10/h5,17H,4,6H2,1-3H3. The van der Waals surface area contributed by atoms with Gasteiger partial charge >= 0.3 is 0 Å². The second-order valence-corrected chi connectivity index (χ2v) is 4.39. The summed E-state index contributed by atoms with van der Waals surface area (Å²) in [7, 11) is 0. The van der Waals surface area contributed by atoms with Crippen LogP contribution in [0.2, 0.25) is 0 Å². The van der Waals surface area contributed by atoms with Crippen molar-refractivity contribution in [2.75, 3.05) is 18.0 Å². The molecule has 0 saturated heterocycles. The summed E-state index contributed by atoms with van der Waals surface area (Å²) in [4.78, 5) is 4.57. The first-order valence-electron chi connectivity index (χ1n) is 5.23. The molecule has 0 aliphatic heterocycles. The summed E-state index contributed by atoms with van der Waals surface area (Å²) in [6.07, 6.45) is 0. The van der Waals surface area contributed by atoms with Crippen molar-refractivity contribution >= 4 is 5.82 Å². The number of aromatic nitrogens is 1. The number of halogens is 3. The molecule has 1 aromatic heterocycles. The molecule has 0 radical (unpaired) electrons. The maximum absolute atomic E-state index is 13.5. The van der Waals surface area contributed by atoms with Crippen LogP contribution in [0.25, 0.3) is 0 Å². The van der Waals surface area contributed by atoms with E-state index >= 15 is 0 Å². The van der Waals surface area contributed by atoms with Crippen LogP contribution in [-0.2, 0) is 0 Å². The smallest absolute Gasteiger partial charge is 0.251 e. The van der Waals surface area contributed by atoms with E-state index < -0.39 is 23.2 Å². The van der Waals surface area contributed by atoms with Crippen LogP contribution in [0, 0.1) is 17.6 Å². The van der Waals surface area contributed by atoms with E-state index in [1.807, 2.05) is 0 Å². The lowest BCUT2D eigenvalue weighted by atomic mass is 10.1. The molecule has 0 amide bonds. The lowest BCUT2D eigenvalue weighted by Gasteiger charge is -2.29. The van der Waals surface area contributed by atoms with Crippen LogP contribution in [0.3, 0.4) is 0 Å². The Bertz CT molecular complexity index is 404. The first-order valence-corrected chi connectivity index (χ1v) is 5.23. The van der Waals surface area contributed by atoms with E-state index in [-0.39, 0.29) is 12.4 Å². The third kappa shape index (κ3) is 3.59.